The van der Waals surface area contributed by atoms with Crippen molar-refractivity contribution in [2.75, 3.05) is 38.1 Å². The van der Waals surface area contributed by atoms with E-state index in [-0.39, 0.29) is 29.9 Å². The minimum Gasteiger partial charge on any atom is -0.508 e. The van der Waals surface area contributed by atoms with Crippen LogP contribution in [0.25, 0.3) is 0 Å². The summed E-state index contributed by atoms with van der Waals surface area (Å²) in [6.45, 7) is 7.61. The summed E-state index contributed by atoms with van der Waals surface area (Å²) in [5, 5.41) is 12.4. The highest BCUT2D eigenvalue weighted by Gasteiger charge is 2.09. The second-order valence-corrected chi connectivity index (χ2v) is 6.39. The fraction of sp³-hybridized carbons (Fsp3) is 0.364. The van der Waals surface area contributed by atoms with Gasteiger partial charge in [0.15, 0.2) is 5.78 Å². The number of ketones is 1. The zero-order valence-corrected chi connectivity index (χ0v) is 17.7. The Kier molecular flexibility index (Phi) is 10.8. The van der Waals surface area contributed by atoms with Gasteiger partial charge in [0, 0.05) is 30.8 Å². The zero-order valence-electron chi connectivity index (χ0n) is 16.9. The van der Waals surface area contributed by atoms with E-state index in [2.05, 4.69) is 24.1 Å². The zero-order chi connectivity index (χ0) is 20.4. The summed E-state index contributed by atoms with van der Waals surface area (Å²) in [4.78, 5) is 26.4. The summed E-state index contributed by atoms with van der Waals surface area (Å²) in [5.41, 5.74) is 1.91. The average Bonchev–Trinajstić information content (AvgIpc) is 2.72. The van der Waals surface area contributed by atoms with E-state index in [1.54, 1.807) is 36.4 Å². The Hall–Kier alpha value is -2.57. The SMILES string of the molecule is CCN(CC)CCOC(=O)c1ccc(NCCC(=O)c2ccc(O)cc2)cc1.Cl. The first kappa shape index (κ1) is 24.5. The summed E-state index contributed by atoms with van der Waals surface area (Å²) < 4.78 is 5.31. The van der Waals surface area contributed by atoms with Crippen molar-refractivity contribution in [3.8, 4) is 5.75 Å². The molecule has 0 atom stereocenters. The lowest BCUT2D eigenvalue weighted by Gasteiger charge is -2.17. The van der Waals surface area contributed by atoms with Crippen LogP contribution in [-0.4, -0.2) is 54.5 Å². The Morgan fingerprint density at radius 1 is 0.966 bits per heavy atom. The smallest absolute Gasteiger partial charge is 0.338 e. The van der Waals surface area contributed by atoms with Gasteiger partial charge in [-0.2, -0.15) is 0 Å². The number of benzene rings is 2. The Bertz CT molecular complexity index is 759. The molecule has 2 N–H and O–H groups in total. The number of phenolic OH excluding ortho intramolecular Hbond substituents is 1. The molecule has 7 heteroatoms. The molecule has 0 fully saturated rings. The van der Waals surface area contributed by atoms with Crippen molar-refractivity contribution in [3.05, 3.63) is 59.7 Å². The summed E-state index contributed by atoms with van der Waals surface area (Å²) >= 11 is 0. The molecule has 0 heterocycles. The minimum atomic E-state index is -0.332. The highest BCUT2D eigenvalue weighted by molar-refractivity contribution is 5.96. The molecule has 0 aromatic heterocycles. The standard InChI is InChI=1S/C22H28N2O4.ClH/c1-3-24(4-2)15-16-28-22(27)18-5-9-19(10-6-18)23-14-13-21(26)17-7-11-20(25)12-8-17;/h5-12,23,25H,3-4,13-16H2,1-2H3;1H. The van der Waals surface area contributed by atoms with Crippen molar-refractivity contribution in [1.82, 2.24) is 4.90 Å². The van der Waals surface area contributed by atoms with Crippen LogP contribution in [0, 0.1) is 0 Å². The second-order valence-electron chi connectivity index (χ2n) is 6.39. The third-order valence-corrected chi connectivity index (χ3v) is 4.53. The predicted molar refractivity (Wildman–Crippen MR) is 117 cm³/mol. The fourth-order valence-electron chi connectivity index (χ4n) is 2.73. The summed E-state index contributed by atoms with van der Waals surface area (Å²) in [5.74, 6) is -0.191. The van der Waals surface area contributed by atoms with Gasteiger partial charge in [-0.15, -0.1) is 12.4 Å². The van der Waals surface area contributed by atoms with Gasteiger partial charge >= 0.3 is 5.97 Å². The summed E-state index contributed by atoms with van der Waals surface area (Å²) in [7, 11) is 0. The van der Waals surface area contributed by atoms with E-state index < -0.39 is 0 Å². The van der Waals surface area contributed by atoms with Gasteiger partial charge in [-0.05, 0) is 61.6 Å². The maximum absolute atomic E-state index is 12.1. The third-order valence-electron chi connectivity index (χ3n) is 4.53. The Morgan fingerprint density at radius 2 is 1.55 bits per heavy atom. The van der Waals surface area contributed by atoms with Crippen molar-refractivity contribution < 1.29 is 19.4 Å². The lowest BCUT2D eigenvalue weighted by atomic mass is 10.1. The van der Waals surface area contributed by atoms with E-state index in [0.29, 0.717) is 30.7 Å². The molecular weight excluding hydrogens is 392 g/mol. The number of ether oxygens (including phenoxy) is 1. The quantitative estimate of drug-likeness (QED) is 0.422. The topological polar surface area (TPSA) is 78.9 Å². The molecule has 2 rings (SSSR count). The predicted octanol–water partition coefficient (Wildman–Crippen LogP) is 4.00. The maximum Gasteiger partial charge on any atom is 0.338 e. The number of nitrogens with zero attached hydrogens (tertiary/aromatic N) is 1. The first-order chi connectivity index (χ1) is 13.5. The number of nitrogens with one attached hydrogen (secondary N) is 1. The van der Waals surface area contributed by atoms with Crippen LogP contribution in [-0.2, 0) is 4.74 Å². The number of rotatable bonds is 11. The van der Waals surface area contributed by atoms with E-state index in [1.165, 1.54) is 12.1 Å². The van der Waals surface area contributed by atoms with E-state index >= 15 is 0 Å². The Balaban J connectivity index is 0.00000420. The van der Waals surface area contributed by atoms with Crippen molar-refractivity contribution in [1.29, 1.82) is 0 Å². The number of anilines is 1. The van der Waals surface area contributed by atoms with E-state index in [1.807, 2.05) is 0 Å². The molecule has 158 valence electrons. The van der Waals surface area contributed by atoms with Gasteiger partial charge in [-0.1, -0.05) is 13.8 Å². The number of halogens is 1. The third kappa shape index (κ3) is 8.13. The van der Waals surface area contributed by atoms with Crippen molar-refractivity contribution in [2.45, 2.75) is 20.3 Å². The van der Waals surface area contributed by atoms with E-state index in [4.69, 9.17) is 4.74 Å². The van der Waals surface area contributed by atoms with Crippen LogP contribution < -0.4 is 5.32 Å². The van der Waals surface area contributed by atoms with Gasteiger partial charge in [0.05, 0.1) is 5.56 Å². The highest BCUT2D eigenvalue weighted by Crippen LogP contribution is 2.13. The molecular formula is C22H29ClN2O4. The van der Waals surface area contributed by atoms with Gasteiger partial charge < -0.3 is 20.1 Å². The molecule has 6 nitrogen and oxygen atoms in total. The van der Waals surface area contributed by atoms with Crippen LogP contribution in [0.4, 0.5) is 5.69 Å². The first-order valence-electron chi connectivity index (χ1n) is 9.59. The molecule has 2 aromatic carbocycles. The molecule has 0 aliphatic rings. The number of carbonyl (C=O) groups is 2. The Labute approximate surface area is 178 Å². The van der Waals surface area contributed by atoms with Gasteiger partial charge in [0.1, 0.15) is 12.4 Å². The molecule has 0 saturated heterocycles. The van der Waals surface area contributed by atoms with Crippen LogP contribution in [0.3, 0.4) is 0 Å². The van der Waals surface area contributed by atoms with Crippen LogP contribution in [0.5, 0.6) is 5.75 Å². The largest absolute Gasteiger partial charge is 0.508 e. The van der Waals surface area contributed by atoms with Crippen LogP contribution in [0.15, 0.2) is 48.5 Å². The van der Waals surface area contributed by atoms with Crippen molar-refractivity contribution >= 4 is 29.8 Å². The molecule has 0 amide bonds. The number of aromatic hydroxyl groups is 1. The molecule has 0 aliphatic carbocycles. The van der Waals surface area contributed by atoms with Gasteiger partial charge in [-0.3, -0.25) is 4.79 Å². The number of esters is 1. The van der Waals surface area contributed by atoms with Crippen molar-refractivity contribution in [3.63, 3.8) is 0 Å². The molecule has 2 aromatic rings. The number of hydrogen-bond acceptors (Lipinski definition) is 6. The van der Waals surface area contributed by atoms with Gasteiger partial charge in [0.2, 0.25) is 0 Å². The minimum absolute atomic E-state index is 0. The number of likely N-dealkylation sites (N-methyl/N-ethyl adjacent to an activating group) is 1. The fourth-order valence-corrected chi connectivity index (χ4v) is 2.73. The highest BCUT2D eigenvalue weighted by atomic mass is 35.5. The van der Waals surface area contributed by atoms with Crippen LogP contribution in [0.2, 0.25) is 0 Å². The normalized spacial score (nSPS) is 10.3. The number of hydrogen-bond donors (Lipinski definition) is 2. The number of phenols is 1. The molecule has 0 bridgehead atoms. The molecule has 0 spiro atoms. The summed E-state index contributed by atoms with van der Waals surface area (Å²) in [6.07, 6.45) is 0.333. The molecule has 0 saturated carbocycles. The lowest BCUT2D eigenvalue weighted by Crippen LogP contribution is -2.27. The lowest BCUT2D eigenvalue weighted by molar-refractivity contribution is 0.0466. The monoisotopic (exact) mass is 420 g/mol. The molecule has 0 unspecified atom stereocenters. The maximum atomic E-state index is 12.1. The van der Waals surface area contributed by atoms with E-state index in [0.717, 1.165) is 25.3 Å². The average molecular weight is 421 g/mol. The second kappa shape index (κ2) is 12.8. The summed E-state index contributed by atoms with van der Waals surface area (Å²) in [6, 6.07) is 13.2. The molecule has 29 heavy (non-hydrogen) atoms. The van der Waals surface area contributed by atoms with Crippen molar-refractivity contribution in [2.24, 2.45) is 0 Å². The molecule has 0 radical (unpaired) electrons. The van der Waals surface area contributed by atoms with Gasteiger partial charge in [0.25, 0.3) is 0 Å². The van der Waals surface area contributed by atoms with Crippen LogP contribution in [0.1, 0.15) is 41.0 Å². The number of Topliss-reactive ketones (excluding diaryl/α,β-unsaturated/α-hetero) is 1. The van der Waals surface area contributed by atoms with Crippen LogP contribution >= 0.6 is 12.4 Å². The van der Waals surface area contributed by atoms with Gasteiger partial charge in [-0.25, -0.2) is 4.79 Å². The van der Waals surface area contributed by atoms with E-state index in [9.17, 15) is 14.7 Å². The first-order valence-corrected chi connectivity index (χ1v) is 9.59. The molecule has 0 aliphatic heterocycles. The number of carbonyl (C=O) groups excluding carboxylic acids is 2. The Morgan fingerprint density at radius 3 is 2.14 bits per heavy atom.